The van der Waals surface area contributed by atoms with E-state index in [0.29, 0.717) is 0 Å². The largest absolute Gasteiger partial charge is 0.477 e. The lowest BCUT2D eigenvalue weighted by Crippen LogP contribution is -2.62. The highest BCUT2D eigenvalue weighted by Gasteiger charge is 2.54. The molecule has 0 N–H and O–H groups in total. The monoisotopic (exact) mass is 592 g/mol. The zero-order chi connectivity index (χ0) is 28.2. The van der Waals surface area contributed by atoms with Crippen molar-refractivity contribution < 1.29 is 65.4 Å². The topological polar surface area (TPSA) is 167 Å². The molecule has 1 aliphatic heterocycles. The Bertz CT molecular complexity index is 847. The highest BCUT2D eigenvalue weighted by Crippen LogP contribution is 2.52. The zero-order valence-corrected chi connectivity index (χ0v) is 23.4. The minimum atomic E-state index is -4.57. The van der Waals surface area contributed by atoms with Gasteiger partial charge in [-0.2, -0.15) is 0 Å². The average Bonchev–Trinajstić information content (AvgIpc) is 2.77. The average molecular weight is 593 g/mol. The molecule has 0 radical (unpaired) electrons. The maximum atomic E-state index is 13.9. The molecule has 5 unspecified atom stereocenters. The summed E-state index contributed by atoms with van der Waals surface area (Å²) in [7, 11) is -4.57. The Morgan fingerprint density at radius 3 is 1.59 bits per heavy atom. The van der Waals surface area contributed by atoms with Gasteiger partial charge in [-0.15, -0.1) is 0 Å². The van der Waals surface area contributed by atoms with Crippen LogP contribution >= 0.6 is 31.3 Å². The van der Waals surface area contributed by atoms with Gasteiger partial charge in [-0.25, -0.2) is 8.96 Å². The third kappa shape index (κ3) is 12.7. The van der Waals surface area contributed by atoms with E-state index in [0.717, 1.165) is 44.3 Å². The molecule has 17 heteroatoms. The van der Waals surface area contributed by atoms with E-state index in [1.165, 1.54) is 13.8 Å². The molecule has 1 aliphatic rings. The normalized spacial score (nSPS) is 23.7. The number of alkyl halides is 1. The van der Waals surface area contributed by atoms with Crippen molar-refractivity contribution in [2.45, 2.75) is 65.3 Å². The first-order valence-electron chi connectivity index (χ1n) is 10.8. The molecule has 5 atom stereocenters. The van der Waals surface area contributed by atoms with Gasteiger partial charge in [-0.1, -0.05) is 23.5 Å². The van der Waals surface area contributed by atoms with E-state index in [-0.39, 0.29) is 35.0 Å². The molecule has 1 saturated heterocycles. The van der Waals surface area contributed by atoms with Crippen molar-refractivity contribution in [1.82, 2.24) is 0 Å². The van der Waals surface area contributed by atoms with E-state index >= 15 is 0 Å². The minimum Gasteiger partial charge on any atom is -0.456 e. The fraction of sp³-hybridized carbons (Fsp3) is 0.750. The number of esters is 3. The van der Waals surface area contributed by atoms with E-state index in [1.54, 1.807) is 0 Å². The third-order valence-corrected chi connectivity index (χ3v) is 7.18. The number of hydrogen-bond acceptors (Lipinski definition) is 15. The molecular formula is C20H30FO13PS2. The SMILES string of the molecule is CC(=O)OC1C(CF)OC(OP(=O)(OCCSC(C)=O)OCCSC(C)=O)C(OC(C)=O)C1OC(C)=O. The molecule has 0 aromatic heterocycles. The lowest BCUT2D eigenvalue weighted by Gasteiger charge is -2.43. The summed E-state index contributed by atoms with van der Waals surface area (Å²) in [6.45, 7) is 3.85. The Morgan fingerprint density at radius 1 is 0.757 bits per heavy atom. The second-order valence-corrected chi connectivity index (χ2v) is 11.5. The van der Waals surface area contributed by atoms with Crippen LogP contribution in [0.25, 0.3) is 0 Å². The lowest BCUT2D eigenvalue weighted by atomic mass is 9.98. The molecule has 0 bridgehead atoms. The molecule has 0 aromatic rings. The molecule has 0 saturated carbocycles. The van der Waals surface area contributed by atoms with Crippen molar-refractivity contribution in [3.05, 3.63) is 0 Å². The summed E-state index contributed by atoms with van der Waals surface area (Å²) < 4.78 is 64.2. The Labute approximate surface area is 221 Å². The maximum Gasteiger partial charge on any atom is 0.477 e. The van der Waals surface area contributed by atoms with Gasteiger partial charge in [-0.3, -0.25) is 37.5 Å². The summed E-state index contributed by atoms with van der Waals surface area (Å²) in [5.41, 5.74) is 0. The third-order valence-electron chi connectivity index (χ3n) is 4.16. The van der Waals surface area contributed by atoms with Crippen LogP contribution in [0.3, 0.4) is 0 Å². The molecule has 0 aliphatic carbocycles. The predicted molar refractivity (Wildman–Crippen MR) is 128 cm³/mol. The number of halogens is 1. The van der Waals surface area contributed by atoms with Crippen LogP contribution < -0.4 is 0 Å². The number of thioether (sulfide) groups is 2. The van der Waals surface area contributed by atoms with Crippen LogP contribution in [0.15, 0.2) is 0 Å². The molecule has 1 heterocycles. The zero-order valence-electron chi connectivity index (χ0n) is 20.9. The van der Waals surface area contributed by atoms with Crippen molar-refractivity contribution in [3.63, 3.8) is 0 Å². The summed E-state index contributed by atoms with van der Waals surface area (Å²) in [6, 6.07) is 0. The Kier molecular flexibility index (Phi) is 14.9. The van der Waals surface area contributed by atoms with Crippen molar-refractivity contribution in [3.8, 4) is 0 Å². The summed E-state index contributed by atoms with van der Waals surface area (Å²) in [5, 5.41) is -0.453. The molecule has 0 amide bonds. The van der Waals surface area contributed by atoms with E-state index in [1.807, 2.05) is 0 Å². The van der Waals surface area contributed by atoms with Crippen molar-refractivity contribution in [2.24, 2.45) is 0 Å². The van der Waals surface area contributed by atoms with Crippen LogP contribution in [-0.4, -0.2) is 90.2 Å². The van der Waals surface area contributed by atoms with Gasteiger partial charge in [0.15, 0.2) is 28.5 Å². The van der Waals surface area contributed by atoms with E-state index in [4.69, 9.17) is 32.5 Å². The van der Waals surface area contributed by atoms with E-state index in [2.05, 4.69) is 0 Å². The van der Waals surface area contributed by atoms with Crippen LogP contribution in [0.4, 0.5) is 4.39 Å². The van der Waals surface area contributed by atoms with E-state index < -0.39 is 63.1 Å². The fourth-order valence-corrected chi connectivity index (χ4v) is 5.36. The number of hydrogen-bond donors (Lipinski definition) is 0. The van der Waals surface area contributed by atoms with Crippen molar-refractivity contribution >= 4 is 59.5 Å². The van der Waals surface area contributed by atoms with Crippen LogP contribution in [0.1, 0.15) is 34.6 Å². The fourth-order valence-electron chi connectivity index (χ4n) is 2.96. The van der Waals surface area contributed by atoms with Gasteiger partial charge >= 0.3 is 25.7 Å². The molecule has 13 nitrogen and oxygen atoms in total. The van der Waals surface area contributed by atoms with Gasteiger partial charge in [-0.05, 0) is 0 Å². The Hall–Kier alpha value is -1.55. The van der Waals surface area contributed by atoms with E-state index in [9.17, 15) is 32.9 Å². The van der Waals surface area contributed by atoms with Gasteiger partial charge in [0.1, 0.15) is 12.8 Å². The number of ether oxygens (including phenoxy) is 4. The van der Waals surface area contributed by atoms with Crippen LogP contribution in [0.5, 0.6) is 0 Å². The first kappa shape index (κ1) is 33.5. The number of carbonyl (C=O) groups excluding carboxylic acids is 5. The standard InChI is InChI=1S/C20H30FO13PS2/c1-11(22)30-17-16(10-21)33-20(19(32-13(3)24)18(17)31-12(2)23)34-35(27,28-6-8-36-14(4)25)29-7-9-37-15(5)26/h16-20H,6-10H2,1-5H3. The molecule has 0 aromatic carbocycles. The maximum absolute atomic E-state index is 13.9. The first-order chi connectivity index (χ1) is 17.3. The molecule has 37 heavy (non-hydrogen) atoms. The molecule has 1 rings (SSSR count). The summed E-state index contributed by atoms with van der Waals surface area (Å²) in [5.74, 6) is -2.52. The number of rotatable bonds is 14. The molecule has 1 fully saturated rings. The molecule has 212 valence electrons. The van der Waals surface area contributed by atoms with Crippen LogP contribution in [0, 0.1) is 0 Å². The summed E-state index contributed by atoms with van der Waals surface area (Å²) >= 11 is 1.75. The smallest absolute Gasteiger partial charge is 0.456 e. The van der Waals surface area contributed by atoms with Gasteiger partial charge in [0.2, 0.25) is 6.29 Å². The predicted octanol–water partition coefficient (Wildman–Crippen LogP) is 2.19. The van der Waals surface area contributed by atoms with Crippen LogP contribution in [-0.2, 0) is 61.1 Å². The van der Waals surface area contributed by atoms with Crippen LogP contribution in [0.2, 0.25) is 0 Å². The Balaban J connectivity index is 3.28. The number of carbonyl (C=O) groups is 5. The minimum absolute atomic E-state index is 0.0742. The highest BCUT2D eigenvalue weighted by atomic mass is 32.2. The quantitative estimate of drug-likeness (QED) is 0.124. The second kappa shape index (κ2) is 16.4. The highest BCUT2D eigenvalue weighted by molar-refractivity contribution is 8.13. The van der Waals surface area contributed by atoms with Gasteiger partial charge in [0.05, 0.1) is 13.2 Å². The number of phosphoric ester groups is 1. The molecular weight excluding hydrogens is 562 g/mol. The van der Waals surface area contributed by atoms with Crippen molar-refractivity contribution in [2.75, 3.05) is 31.4 Å². The van der Waals surface area contributed by atoms with Crippen molar-refractivity contribution in [1.29, 1.82) is 0 Å². The molecule has 0 spiro atoms. The summed E-state index contributed by atoms with van der Waals surface area (Å²) in [6.07, 6.45) is -8.30. The second-order valence-electron chi connectivity index (χ2n) is 7.32. The summed E-state index contributed by atoms with van der Waals surface area (Å²) in [4.78, 5) is 57.6. The first-order valence-corrected chi connectivity index (χ1v) is 14.3. The van der Waals surface area contributed by atoms with Gasteiger partial charge in [0, 0.05) is 46.1 Å². The Morgan fingerprint density at radius 2 is 1.19 bits per heavy atom. The lowest BCUT2D eigenvalue weighted by molar-refractivity contribution is -0.288. The van der Waals surface area contributed by atoms with Gasteiger partial charge in [0.25, 0.3) is 0 Å². The van der Waals surface area contributed by atoms with Gasteiger partial charge < -0.3 is 18.9 Å². The number of phosphoric acid groups is 1.